The molecule has 0 saturated heterocycles. The first-order valence-electron chi connectivity index (χ1n) is 6.99. The van der Waals surface area contributed by atoms with Gasteiger partial charge in [0.15, 0.2) is 0 Å². The summed E-state index contributed by atoms with van der Waals surface area (Å²) in [7, 11) is 0. The quantitative estimate of drug-likeness (QED) is 0.681. The van der Waals surface area contributed by atoms with Crippen LogP contribution in [0.3, 0.4) is 0 Å². The maximum Gasteiger partial charge on any atom is 0.261 e. The van der Waals surface area contributed by atoms with Gasteiger partial charge in [0.05, 0.1) is 0 Å². The Morgan fingerprint density at radius 3 is 2.35 bits per heavy atom. The van der Waals surface area contributed by atoms with Crippen molar-refractivity contribution in [3.05, 3.63) is 76.9 Å². The van der Waals surface area contributed by atoms with Gasteiger partial charge < -0.3 is 5.32 Å². The molecular formula is C18H14F2N2O. The highest BCUT2D eigenvalue weighted by Crippen LogP contribution is 2.15. The Morgan fingerprint density at radius 2 is 1.74 bits per heavy atom. The summed E-state index contributed by atoms with van der Waals surface area (Å²) in [6, 6.07) is 14.5. The molecule has 0 aliphatic rings. The van der Waals surface area contributed by atoms with Crippen LogP contribution in [0.1, 0.15) is 11.1 Å². The van der Waals surface area contributed by atoms with Crippen LogP contribution < -0.4 is 5.32 Å². The zero-order chi connectivity index (χ0) is 16.7. The number of carbonyl (C=O) groups excluding carboxylic acids is 1. The molecular weight excluding hydrogens is 298 g/mol. The van der Waals surface area contributed by atoms with Gasteiger partial charge in [0.2, 0.25) is 0 Å². The van der Waals surface area contributed by atoms with Crippen molar-refractivity contribution in [1.82, 2.24) is 5.32 Å². The zero-order valence-electron chi connectivity index (χ0n) is 12.2. The molecule has 0 heterocycles. The summed E-state index contributed by atoms with van der Waals surface area (Å²) in [5.41, 5.74) is 0.291. The molecule has 2 aromatic carbocycles. The number of amides is 1. The number of carbonyl (C=O) groups is 1. The molecule has 0 unspecified atom stereocenters. The number of halogens is 2. The minimum Gasteiger partial charge on any atom is -0.351 e. The summed E-state index contributed by atoms with van der Waals surface area (Å²) in [5, 5.41) is 11.6. The molecule has 5 heteroatoms. The second-order valence-electron chi connectivity index (χ2n) is 4.80. The highest BCUT2D eigenvalue weighted by molar-refractivity contribution is 6.01. The first kappa shape index (κ1) is 16.4. The third-order valence-electron chi connectivity index (χ3n) is 3.20. The van der Waals surface area contributed by atoms with Crippen molar-refractivity contribution in [2.75, 3.05) is 6.54 Å². The molecule has 0 aliphatic heterocycles. The smallest absolute Gasteiger partial charge is 0.261 e. The predicted octanol–water partition coefficient (Wildman–Crippen LogP) is 3.23. The minimum atomic E-state index is -0.824. The second-order valence-corrected chi connectivity index (χ2v) is 4.80. The first-order chi connectivity index (χ1) is 11.1. The van der Waals surface area contributed by atoms with Crippen LogP contribution in [0, 0.1) is 23.0 Å². The van der Waals surface area contributed by atoms with Gasteiger partial charge in [0.1, 0.15) is 23.3 Å². The molecule has 0 aliphatic carbocycles. The Bertz CT molecular complexity index is 744. The Kier molecular flexibility index (Phi) is 5.59. The van der Waals surface area contributed by atoms with E-state index in [1.54, 1.807) is 6.07 Å². The highest BCUT2D eigenvalue weighted by atomic mass is 19.1. The third-order valence-corrected chi connectivity index (χ3v) is 3.20. The molecule has 1 N–H and O–H groups in total. The van der Waals surface area contributed by atoms with E-state index in [2.05, 4.69) is 5.32 Å². The number of nitriles is 1. The molecule has 0 spiro atoms. The van der Waals surface area contributed by atoms with Gasteiger partial charge in [0.25, 0.3) is 5.91 Å². The van der Waals surface area contributed by atoms with Gasteiger partial charge in [0, 0.05) is 12.1 Å². The van der Waals surface area contributed by atoms with Crippen molar-refractivity contribution in [3.8, 4) is 6.07 Å². The standard InChI is InChI=1S/C18H14F2N2O/c19-16-7-4-8-17(20)15(16)11-14(12-21)18(23)22-10-9-13-5-2-1-3-6-13/h1-8,11H,9-10H2,(H,22,23)/b14-11+. The average Bonchev–Trinajstić information content (AvgIpc) is 2.55. The fourth-order valence-electron chi connectivity index (χ4n) is 2.00. The molecule has 3 nitrogen and oxygen atoms in total. The largest absolute Gasteiger partial charge is 0.351 e. The third kappa shape index (κ3) is 4.48. The van der Waals surface area contributed by atoms with Crippen LogP contribution in [0.2, 0.25) is 0 Å². The fraction of sp³-hybridized carbons (Fsp3) is 0.111. The van der Waals surface area contributed by atoms with Gasteiger partial charge in [-0.1, -0.05) is 36.4 Å². The summed E-state index contributed by atoms with van der Waals surface area (Å²) >= 11 is 0. The van der Waals surface area contributed by atoms with Gasteiger partial charge >= 0.3 is 0 Å². The highest BCUT2D eigenvalue weighted by Gasteiger charge is 2.12. The van der Waals surface area contributed by atoms with E-state index in [9.17, 15) is 13.6 Å². The van der Waals surface area contributed by atoms with Crippen molar-refractivity contribution in [2.24, 2.45) is 0 Å². The van der Waals surface area contributed by atoms with Crippen molar-refractivity contribution in [2.45, 2.75) is 6.42 Å². The monoisotopic (exact) mass is 312 g/mol. The van der Waals surface area contributed by atoms with Crippen LogP contribution in [0.15, 0.2) is 54.1 Å². The molecule has 23 heavy (non-hydrogen) atoms. The number of benzene rings is 2. The maximum atomic E-state index is 13.6. The average molecular weight is 312 g/mol. The van der Waals surface area contributed by atoms with Gasteiger partial charge in [-0.3, -0.25) is 4.79 Å². The lowest BCUT2D eigenvalue weighted by atomic mass is 10.1. The molecule has 0 saturated carbocycles. The Labute approximate surface area is 132 Å². The second kappa shape index (κ2) is 7.85. The van der Waals surface area contributed by atoms with Crippen molar-refractivity contribution >= 4 is 12.0 Å². The lowest BCUT2D eigenvalue weighted by molar-refractivity contribution is -0.117. The molecule has 2 aromatic rings. The van der Waals surface area contributed by atoms with Crippen LogP contribution >= 0.6 is 0 Å². The maximum absolute atomic E-state index is 13.6. The van der Waals surface area contributed by atoms with Crippen molar-refractivity contribution in [1.29, 1.82) is 5.26 Å². The predicted molar refractivity (Wildman–Crippen MR) is 83.1 cm³/mol. The van der Waals surface area contributed by atoms with E-state index in [-0.39, 0.29) is 5.57 Å². The zero-order valence-corrected chi connectivity index (χ0v) is 12.2. The van der Waals surface area contributed by atoms with Gasteiger partial charge in [-0.25, -0.2) is 8.78 Å². The van der Waals surface area contributed by atoms with Gasteiger partial charge in [-0.15, -0.1) is 0 Å². The molecule has 0 atom stereocenters. The summed E-state index contributed by atoms with van der Waals surface area (Å²) in [6.07, 6.45) is 1.52. The Balaban J connectivity index is 2.04. The van der Waals surface area contributed by atoms with Crippen LogP contribution in [0.4, 0.5) is 8.78 Å². The lowest BCUT2D eigenvalue weighted by Gasteiger charge is -2.05. The number of rotatable bonds is 5. The number of nitrogens with zero attached hydrogens (tertiary/aromatic N) is 1. The van der Waals surface area contributed by atoms with E-state index in [1.165, 1.54) is 6.07 Å². The van der Waals surface area contributed by atoms with Gasteiger partial charge in [-0.2, -0.15) is 5.26 Å². The summed E-state index contributed by atoms with van der Waals surface area (Å²) in [6.45, 7) is 0.321. The molecule has 0 radical (unpaired) electrons. The number of hydrogen-bond donors (Lipinski definition) is 1. The summed E-state index contributed by atoms with van der Waals surface area (Å²) < 4.78 is 27.1. The van der Waals surface area contributed by atoms with E-state index >= 15 is 0 Å². The van der Waals surface area contributed by atoms with E-state index in [0.717, 1.165) is 23.8 Å². The van der Waals surface area contributed by atoms with E-state index in [0.29, 0.717) is 13.0 Å². The normalized spacial score (nSPS) is 10.9. The first-order valence-corrected chi connectivity index (χ1v) is 6.99. The summed E-state index contributed by atoms with van der Waals surface area (Å²) in [4.78, 5) is 11.9. The number of nitrogens with one attached hydrogen (secondary N) is 1. The van der Waals surface area contributed by atoms with Crippen LogP contribution in [0.5, 0.6) is 0 Å². The lowest BCUT2D eigenvalue weighted by Crippen LogP contribution is -2.26. The Morgan fingerprint density at radius 1 is 1.09 bits per heavy atom. The SMILES string of the molecule is N#C/C(=C\c1c(F)cccc1F)C(=O)NCCc1ccccc1. The molecule has 0 bridgehead atoms. The van der Waals surface area contributed by atoms with Crippen LogP contribution in [-0.4, -0.2) is 12.5 Å². The van der Waals surface area contributed by atoms with Crippen LogP contribution in [-0.2, 0) is 11.2 Å². The summed E-state index contributed by atoms with van der Waals surface area (Å²) in [5.74, 6) is -2.31. The number of hydrogen-bond acceptors (Lipinski definition) is 2. The van der Waals surface area contributed by atoms with E-state index < -0.39 is 23.1 Å². The Hall–Kier alpha value is -3.00. The molecule has 0 fully saturated rings. The van der Waals surface area contributed by atoms with Crippen molar-refractivity contribution in [3.63, 3.8) is 0 Å². The van der Waals surface area contributed by atoms with E-state index in [4.69, 9.17) is 5.26 Å². The molecule has 2 rings (SSSR count). The van der Waals surface area contributed by atoms with Crippen LogP contribution in [0.25, 0.3) is 6.08 Å². The van der Waals surface area contributed by atoms with Crippen molar-refractivity contribution < 1.29 is 13.6 Å². The molecule has 1 amide bonds. The molecule has 116 valence electrons. The molecule has 0 aromatic heterocycles. The van der Waals surface area contributed by atoms with E-state index in [1.807, 2.05) is 30.3 Å². The van der Waals surface area contributed by atoms with Gasteiger partial charge in [-0.05, 0) is 30.2 Å². The fourth-order valence-corrected chi connectivity index (χ4v) is 2.00. The topological polar surface area (TPSA) is 52.9 Å². The minimum absolute atomic E-state index is 0.321.